The fourth-order valence-corrected chi connectivity index (χ4v) is 3.81. The number of thiazole rings is 1. The molecule has 5 heteroatoms. The van der Waals surface area contributed by atoms with Crippen LogP contribution in [0.15, 0.2) is 41.2 Å². The van der Waals surface area contributed by atoms with Crippen molar-refractivity contribution in [3.63, 3.8) is 0 Å². The van der Waals surface area contributed by atoms with E-state index in [0.29, 0.717) is 13.0 Å². The maximum Gasteiger partial charge on any atom is 0.308 e. The summed E-state index contributed by atoms with van der Waals surface area (Å²) in [6, 6.07) is 11.7. The number of carbonyl (C=O) groups excluding carboxylic acids is 1. The summed E-state index contributed by atoms with van der Waals surface area (Å²) in [6.45, 7) is 6.64. The minimum atomic E-state index is -0.0506. The summed E-state index contributed by atoms with van der Waals surface area (Å²) in [5, 5.41) is 2.93. The Hall–Kier alpha value is -2.40. The van der Waals surface area contributed by atoms with E-state index in [1.165, 1.54) is 11.3 Å². The molecule has 3 aromatic rings. The van der Waals surface area contributed by atoms with Crippen LogP contribution >= 0.6 is 11.3 Å². The van der Waals surface area contributed by atoms with Crippen LogP contribution in [-0.2, 0) is 17.8 Å². The Morgan fingerprint density at radius 2 is 1.96 bits per heavy atom. The van der Waals surface area contributed by atoms with Crippen molar-refractivity contribution < 1.29 is 4.79 Å². The third-order valence-corrected chi connectivity index (χ3v) is 5.07. The maximum atomic E-state index is 12.3. The maximum absolute atomic E-state index is 12.3. The summed E-state index contributed by atoms with van der Waals surface area (Å²) in [5.74, 6) is -0.0506. The lowest BCUT2D eigenvalue weighted by atomic mass is 10.0. The van der Waals surface area contributed by atoms with Crippen molar-refractivity contribution in [1.29, 1.82) is 0 Å². The first-order valence-electron chi connectivity index (χ1n) is 7.97. The summed E-state index contributed by atoms with van der Waals surface area (Å²) >= 11 is 1.21. The third kappa shape index (κ3) is 3.26. The van der Waals surface area contributed by atoms with Crippen molar-refractivity contribution in [2.75, 3.05) is 5.32 Å². The van der Waals surface area contributed by atoms with Gasteiger partial charge in [-0.1, -0.05) is 35.1 Å². The van der Waals surface area contributed by atoms with Crippen molar-refractivity contribution in [1.82, 2.24) is 4.57 Å². The van der Waals surface area contributed by atoms with E-state index in [2.05, 4.69) is 5.32 Å². The van der Waals surface area contributed by atoms with Gasteiger partial charge in [-0.2, -0.15) is 0 Å². The molecule has 4 nitrogen and oxygen atoms in total. The van der Waals surface area contributed by atoms with Gasteiger partial charge in [0.2, 0.25) is 5.91 Å². The molecule has 0 unspecified atom stereocenters. The molecular weight excluding hydrogens is 320 g/mol. The number of rotatable bonds is 4. The Morgan fingerprint density at radius 3 is 2.71 bits per heavy atom. The Kier molecular flexibility index (Phi) is 4.53. The topological polar surface area (TPSA) is 51.1 Å². The predicted octanol–water partition coefficient (Wildman–Crippen LogP) is 3.88. The second-order valence-corrected chi connectivity index (χ2v) is 6.94. The van der Waals surface area contributed by atoms with Gasteiger partial charge in [0.25, 0.3) is 0 Å². The Balaban J connectivity index is 1.80. The molecular formula is C19H20N2O2S. The molecule has 0 spiro atoms. The molecule has 24 heavy (non-hydrogen) atoms. The monoisotopic (exact) mass is 340 g/mol. The van der Waals surface area contributed by atoms with Gasteiger partial charge in [0.15, 0.2) is 0 Å². The van der Waals surface area contributed by atoms with Crippen LogP contribution in [0.5, 0.6) is 0 Å². The van der Waals surface area contributed by atoms with Crippen molar-refractivity contribution in [2.24, 2.45) is 0 Å². The van der Waals surface area contributed by atoms with E-state index < -0.39 is 0 Å². The molecule has 0 saturated carbocycles. The van der Waals surface area contributed by atoms with Crippen LogP contribution in [0.1, 0.15) is 23.6 Å². The minimum Gasteiger partial charge on any atom is -0.326 e. The van der Waals surface area contributed by atoms with Crippen LogP contribution in [0.3, 0.4) is 0 Å². The molecule has 1 aromatic heterocycles. The smallest absolute Gasteiger partial charge is 0.308 e. The quantitative estimate of drug-likeness (QED) is 0.783. The van der Waals surface area contributed by atoms with Crippen molar-refractivity contribution in [2.45, 2.75) is 33.7 Å². The summed E-state index contributed by atoms with van der Waals surface area (Å²) in [6.07, 6.45) is 0.345. The summed E-state index contributed by atoms with van der Waals surface area (Å²) in [4.78, 5) is 24.3. The Labute approximate surface area is 144 Å². The van der Waals surface area contributed by atoms with Crippen LogP contribution in [0.25, 0.3) is 10.2 Å². The number of benzene rings is 2. The van der Waals surface area contributed by atoms with E-state index in [4.69, 9.17) is 0 Å². The van der Waals surface area contributed by atoms with Crippen LogP contribution < -0.4 is 10.2 Å². The van der Waals surface area contributed by atoms with Gasteiger partial charge in [-0.15, -0.1) is 0 Å². The molecule has 0 saturated heterocycles. The van der Waals surface area contributed by atoms with Crippen LogP contribution in [-0.4, -0.2) is 10.5 Å². The largest absolute Gasteiger partial charge is 0.326 e. The minimum absolute atomic E-state index is 0.0337. The van der Waals surface area contributed by atoms with Gasteiger partial charge in [-0.3, -0.25) is 14.2 Å². The molecule has 3 rings (SSSR count). The summed E-state index contributed by atoms with van der Waals surface area (Å²) in [5.41, 5.74) is 4.94. The predicted molar refractivity (Wildman–Crippen MR) is 100 cm³/mol. The molecule has 124 valence electrons. The molecule has 0 bridgehead atoms. The standard InChI is InChI=1S/C19H20N2O2S/c1-4-21-16-8-7-15(11-17(16)24-19(21)23)20-18(22)10-14-9-12(2)5-6-13(14)3/h5-9,11H,4,10H2,1-3H3,(H,20,22). The zero-order valence-electron chi connectivity index (χ0n) is 14.1. The molecule has 1 heterocycles. The molecule has 0 fully saturated rings. The Bertz CT molecular complexity index is 969. The number of nitrogens with zero attached hydrogens (tertiary/aromatic N) is 1. The third-order valence-electron chi connectivity index (χ3n) is 4.12. The molecule has 0 aliphatic carbocycles. The van der Waals surface area contributed by atoms with Gasteiger partial charge in [0, 0.05) is 12.2 Å². The SMILES string of the molecule is CCn1c(=O)sc2cc(NC(=O)Cc3cc(C)ccc3C)ccc21. The average molecular weight is 340 g/mol. The lowest BCUT2D eigenvalue weighted by molar-refractivity contribution is -0.115. The molecule has 0 radical (unpaired) electrons. The zero-order valence-corrected chi connectivity index (χ0v) is 14.9. The van der Waals surface area contributed by atoms with Crippen molar-refractivity contribution in [3.05, 3.63) is 62.8 Å². The fourth-order valence-electron chi connectivity index (χ4n) is 2.81. The first-order valence-corrected chi connectivity index (χ1v) is 8.79. The molecule has 1 N–H and O–H groups in total. The number of hydrogen-bond donors (Lipinski definition) is 1. The molecule has 1 amide bonds. The van der Waals surface area contributed by atoms with Crippen LogP contribution in [0.2, 0.25) is 0 Å². The van der Waals surface area contributed by atoms with Crippen LogP contribution in [0, 0.1) is 13.8 Å². The highest BCUT2D eigenvalue weighted by atomic mass is 32.1. The highest BCUT2D eigenvalue weighted by Crippen LogP contribution is 2.22. The van der Waals surface area contributed by atoms with E-state index in [1.807, 2.05) is 57.2 Å². The normalized spacial score (nSPS) is 11.0. The van der Waals surface area contributed by atoms with E-state index in [-0.39, 0.29) is 10.8 Å². The number of carbonyl (C=O) groups is 1. The number of hydrogen-bond acceptors (Lipinski definition) is 3. The average Bonchev–Trinajstić information content (AvgIpc) is 2.85. The number of amides is 1. The first-order chi connectivity index (χ1) is 11.5. The molecule has 0 aliphatic heterocycles. The van der Waals surface area contributed by atoms with Crippen LogP contribution in [0.4, 0.5) is 5.69 Å². The second kappa shape index (κ2) is 6.61. The Morgan fingerprint density at radius 1 is 1.17 bits per heavy atom. The molecule has 2 aromatic carbocycles. The van der Waals surface area contributed by atoms with E-state index in [1.54, 1.807) is 4.57 Å². The van der Waals surface area contributed by atoms with Crippen molar-refractivity contribution >= 4 is 33.1 Å². The number of fused-ring (bicyclic) bond motifs is 1. The number of nitrogens with one attached hydrogen (secondary N) is 1. The van der Waals surface area contributed by atoms with Gasteiger partial charge < -0.3 is 5.32 Å². The highest BCUT2D eigenvalue weighted by molar-refractivity contribution is 7.16. The zero-order chi connectivity index (χ0) is 17.3. The van der Waals surface area contributed by atoms with Crippen molar-refractivity contribution in [3.8, 4) is 0 Å². The summed E-state index contributed by atoms with van der Waals surface area (Å²) in [7, 11) is 0. The lowest BCUT2D eigenvalue weighted by Gasteiger charge is -2.09. The first kappa shape index (κ1) is 16.5. The van der Waals surface area contributed by atoms with E-state index in [9.17, 15) is 9.59 Å². The second-order valence-electron chi connectivity index (χ2n) is 5.95. The number of aryl methyl sites for hydroxylation is 3. The van der Waals surface area contributed by atoms with Gasteiger partial charge in [0.1, 0.15) is 0 Å². The number of anilines is 1. The molecule has 0 aliphatic rings. The highest BCUT2D eigenvalue weighted by Gasteiger charge is 2.10. The lowest BCUT2D eigenvalue weighted by Crippen LogP contribution is -2.15. The van der Waals surface area contributed by atoms with E-state index >= 15 is 0 Å². The van der Waals surface area contributed by atoms with E-state index in [0.717, 1.165) is 32.6 Å². The van der Waals surface area contributed by atoms with Gasteiger partial charge in [-0.05, 0) is 50.1 Å². The number of aromatic nitrogens is 1. The summed E-state index contributed by atoms with van der Waals surface area (Å²) < 4.78 is 2.63. The van der Waals surface area contributed by atoms with Gasteiger partial charge in [-0.25, -0.2) is 0 Å². The van der Waals surface area contributed by atoms with Gasteiger partial charge in [0.05, 0.1) is 16.6 Å². The molecule has 0 atom stereocenters. The van der Waals surface area contributed by atoms with Gasteiger partial charge >= 0.3 is 4.87 Å². The fraction of sp³-hybridized carbons (Fsp3) is 0.263.